The van der Waals surface area contributed by atoms with E-state index in [1.807, 2.05) is 170 Å². The van der Waals surface area contributed by atoms with Crippen molar-refractivity contribution >= 4 is 85.8 Å². The maximum atomic E-state index is 13.0. The summed E-state index contributed by atoms with van der Waals surface area (Å²) in [7, 11) is 2.76. The zero-order chi connectivity index (χ0) is 70.1. The number of carboxylic acid groups (broad SMARTS) is 1. The molecule has 0 aliphatic rings. The van der Waals surface area contributed by atoms with Gasteiger partial charge < -0.3 is 42.9 Å². The lowest BCUT2D eigenvalue weighted by molar-refractivity contribution is -0.164. The van der Waals surface area contributed by atoms with Crippen molar-refractivity contribution in [1.82, 2.24) is 29.1 Å². The molecule has 0 bridgehead atoms. The molecular formula is C76H95Cl3N6O9. The molecule has 9 rings (SSSR count). The molecule has 3 unspecified atom stereocenters. The summed E-state index contributed by atoms with van der Waals surface area (Å²) in [6.45, 7) is 45.8. The van der Waals surface area contributed by atoms with E-state index in [9.17, 15) is 19.5 Å². The van der Waals surface area contributed by atoms with Gasteiger partial charge in [-0.1, -0.05) is 98.9 Å². The van der Waals surface area contributed by atoms with E-state index in [1.54, 1.807) is 0 Å². The van der Waals surface area contributed by atoms with Crippen LogP contribution in [0.2, 0.25) is 15.1 Å². The molecule has 3 atom stereocenters. The molecule has 0 aliphatic carbocycles. The lowest BCUT2D eigenvalue weighted by Gasteiger charge is -2.29. The summed E-state index contributed by atoms with van der Waals surface area (Å²) in [5, 5.41) is 15.1. The standard InChI is InChI=1S/C27H35ClN2O3.C26H33ClN2O3.C23H27ClN2O3/c1-15(2)14-30-18(5)16(3)21-23(19-10-12-20(28)13-11-19)22(17(4)29-25(21)30)24(26(31)32-9)33-27(6,7)8;1-14(2)13-29-17(5)15(3)20-22(18-9-11-19(27)12-10-18)21(16(4)28-24(20)29)23(25(30)31)32-26(6,7)8;1-12-13(2)25-21-17(12)19(15-8-10-16(24)11-9-15)18(14(3)26-21)20(22(27)28-7)29-23(4,5)6/h10-13,15,24H,14H2,1-9H3;9-12,14,23H,13H2,1-8H3,(H,30,31);8-11,20H,1-7H3,(H,25,26). The van der Waals surface area contributed by atoms with Crippen molar-refractivity contribution in [3.05, 3.63) is 155 Å². The number of aryl methyl sites for hydroxylation is 7. The normalized spacial score (nSPS) is 13.1. The van der Waals surface area contributed by atoms with Crippen molar-refractivity contribution in [2.24, 2.45) is 11.8 Å². The van der Waals surface area contributed by atoms with Crippen LogP contribution in [-0.2, 0) is 51.2 Å². The average Bonchev–Trinajstić information content (AvgIpc) is 1.52. The number of nitrogens with one attached hydrogen (secondary N) is 1. The predicted octanol–water partition coefficient (Wildman–Crippen LogP) is 19.7. The van der Waals surface area contributed by atoms with Crippen LogP contribution >= 0.6 is 34.8 Å². The Morgan fingerprint density at radius 1 is 0.468 bits per heavy atom. The number of hydrogen-bond donors (Lipinski definition) is 2. The fraction of sp³-hybridized carbons (Fsp3) is 0.447. The second-order valence-electron chi connectivity index (χ2n) is 28.1. The van der Waals surface area contributed by atoms with Crippen LogP contribution in [0.3, 0.4) is 0 Å². The molecule has 15 nitrogen and oxygen atoms in total. The predicted molar refractivity (Wildman–Crippen MR) is 382 cm³/mol. The van der Waals surface area contributed by atoms with Crippen LogP contribution in [0.5, 0.6) is 0 Å². The van der Waals surface area contributed by atoms with E-state index in [0.29, 0.717) is 49.4 Å². The van der Waals surface area contributed by atoms with Crippen LogP contribution in [0.4, 0.5) is 0 Å². The fourth-order valence-electron chi connectivity index (χ4n) is 12.1. The van der Waals surface area contributed by atoms with Crippen LogP contribution in [-0.4, -0.2) is 83.1 Å². The SMILES string of the molecule is COC(=O)C(OC(C)(C)C)c1c(C)nc2[nH]c(C)c(C)c2c1-c1ccc(Cl)cc1.COC(=O)C(OC(C)(C)C)c1c(C)nc2c(c(C)c(C)n2CC(C)C)c1-c1ccc(Cl)cc1.Cc1nc2c(c(C)c(C)n2CC(C)C)c(-c2ccc(Cl)cc2)c1C(OC(C)(C)C)C(=O)O. The molecular weight excluding hydrogens is 1250 g/mol. The Bertz CT molecular complexity index is 4250. The number of halogens is 3. The Morgan fingerprint density at radius 2 is 0.766 bits per heavy atom. The third-order valence-corrected chi connectivity index (χ3v) is 17.1. The highest BCUT2D eigenvalue weighted by Crippen LogP contribution is 2.46. The molecule has 94 heavy (non-hydrogen) atoms. The number of hydrogen-bond acceptors (Lipinski definition) is 11. The molecule has 0 amide bonds. The quantitative estimate of drug-likeness (QED) is 0.0875. The third-order valence-electron chi connectivity index (χ3n) is 16.4. The number of ether oxygens (including phenoxy) is 5. The zero-order valence-electron chi connectivity index (χ0n) is 59.3. The fourth-order valence-corrected chi connectivity index (χ4v) is 12.4. The molecule has 18 heteroatoms. The first-order valence-electron chi connectivity index (χ1n) is 31.9. The number of carbonyl (C=O) groups excluding carboxylic acids is 2. The molecule has 0 saturated heterocycles. The first-order valence-corrected chi connectivity index (χ1v) is 33.0. The number of aromatic nitrogens is 6. The van der Waals surface area contributed by atoms with Gasteiger partial charge in [-0.2, -0.15) is 0 Å². The average molecular weight is 1340 g/mol. The van der Waals surface area contributed by atoms with E-state index in [4.69, 9.17) is 73.4 Å². The molecule has 0 aliphatic heterocycles. The molecule has 0 saturated carbocycles. The monoisotopic (exact) mass is 1340 g/mol. The van der Waals surface area contributed by atoms with Crippen molar-refractivity contribution < 1.29 is 43.2 Å². The van der Waals surface area contributed by atoms with Gasteiger partial charge >= 0.3 is 17.9 Å². The Kier molecular flexibility index (Phi) is 23.3. The van der Waals surface area contributed by atoms with Gasteiger partial charge in [0, 0.05) is 112 Å². The minimum Gasteiger partial charge on any atom is -0.479 e. The van der Waals surface area contributed by atoms with Crippen LogP contribution in [0.25, 0.3) is 66.5 Å². The third kappa shape index (κ3) is 16.6. The van der Waals surface area contributed by atoms with Gasteiger partial charge in [-0.25, -0.2) is 29.3 Å². The van der Waals surface area contributed by atoms with Gasteiger partial charge in [-0.15, -0.1) is 0 Å². The number of carboxylic acids is 1. The molecule has 9 aromatic rings. The van der Waals surface area contributed by atoms with E-state index in [2.05, 4.69) is 69.5 Å². The lowest BCUT2D eigenvalue weighted by atomic mass is 9.91. The first-order chi connectivity index (χ1) is 43.7. The summed E-state index contributed by atoms with van der Waals surface area (Å²) >= 11 is 18.5. The number of nitrogens with zero attached hydrogens (tertiary/aromatic N) is 5. The summed E-state index contributed by atoms with van der Waals surface area (Å²) in [6, 6.07) is 22.8. The van der Waals surface area contributed by atoms with Gasteiger partial charge in [0.2, 0.25) is 0 Å². The highest BCUT2D eigenvalue weighted by atomic mass is 35.5. The topological polar surface area (TPSA) is 182 Å². The summed E-state index contributed by atoms with van der Waals surface area (Å²) in [6.07, 6.45) is -2.96. The largest absolute Gasteiger partial charge is 0.479 e. The molecule has 3 aromatic carbocycles. The van der Waals surface area contributed by atoms with Gasteiger partial charge in [0.15, 0.2) is 18.3 Å². The lowest BCUT2D eigenvalue weighted by Crippen LogP contribution is -2.29. The second kappa shape index (κ2) is 29.5. The van der Waals surface area contributed by atoms with Crippen LogP contribution in [0, 0.1) is 74.1 Å². The summed E-state index contributed by atoms with van der Waals surface area (Å²) in [4.78, 5) is 56.3. The van der Waals surface area contributed by atoms with E-state index in [1.165, 1.54) is 19.9 Å². The number of rotatable bonds is 16. The second-order valence-corrected chi connectivity index (χ2v) is 29.4. The van der Waals surface area contributed by atoms with Crippen molar-refractivity contribution in [3.63, 3.8) is 0 Å². The van der Waals surface area contributed by atoms with Gasteiger partial charge in [-0.05, 0) is 206 Å². The van der Waals surface area contributed by atoms with Crippen molar-refractivity contribution in [2.45, 2.75) is 201 Å². The van der Waals surface area contributed by atoms with Gasteiger partial charge in [-0.3, -0.25) is 0 Å². The maximum absolute atomic E-state index is 13.0. The molecule has 0 radical (unpaired) electrons. The van der Waals surface area contributed by atoms with Crippen LogP contribution in [0.1, 0.15) is 176 Å². The van der Waals surface area contributed by atoms with E-state index < -0.39 is 53.0 Å². The number of carbonyl (C=O) groups is 3. The molecule has 6 heterocycles. The maximum Gasteiger partial charge on any atom is 0.339 e. The van der Waals surface area contributed by atoms with Crippen LogP contribution < -0.4 is 0 Å². The number of pyridine rings is 3. The minimum atomic E-state index is -1.15. The van der Waals surface area contributed by atoms with Gasteiger partial charge in [0.05, 0.1) is 31.0 Å². The number of aliphatic carboxylic acids is 1. The van der Waals surface area contributed by atoms with E-state index >= 15 is 0 Å². The molecule has 504 valence electrons. The number of aromatic amines is 1. The Labute approximate surface area is 570 Å². The number of H-pyrrole nitrogens is 1. The van der Waals surface area contributed by atoms with E-state index in [0.717, 1.165) is 119 Å². The summed E-state index contributed by atoms with van der Waals surface area (Å²) in [5.41, 5.74) is 17.1. The van der Waals surface area contributed by atoms with Gasteiger partial charge in [0.25, 0.3) is 0 Å². The van der Waals surface area contributed by atoms with Crippen molar-refractivity contribution in [3.8, 4) is 33.4 Å². The molecule has 2 N–H and O–H groups in total. The van der Waals surface area contributed by atoms with Gasteiger partial charge in [0.1, 0.15) is 16.9 Å². The van der Waals surface area contributed by atoms with E-state index in [-0.39, 0.29) is 0 Å². The number of esters is 2. The number of fused-ring (bicyclic) bond motifs is 3. The first kappa shape index (κ1) is 74.3. The Balaban J connectivity index is 0.000000200. The zero-order valence-corrected chi connectivity index (χ0v) is 61.6. The van der Waals surface area contributed by atoms with Crippen LogP contribution in [0.15, 0.2) is 72.8 Å². The Hall–Kier alpha value is -7.11. The summed E-state index contributed by atoms with van der Waals surface area (Å²) in [5.74, 6) is -1.02. The van der Waals surface area contributed by atoms with Crippen molar-refractivity contribution in [2.75, 3.05) is 14.2 Å². The highest BCUT2D eigenvalue weighted by molar-refractivity contribution is 6.31. The Morgan fingerprint density at radius 3 is 1.06 bits per heavy atom. The molecule has 0 fully saturated rings. The minimum absolute atomic E-state index is 0.444. The molecule has 0 spiro atoms. The number of methoxy groups -OCH3 is 2. The number of benzene rings is 3. The highest BCUT2D eigenvalue weighted by Gasteiger charge is 2.38. The molecule has 6 aromatic heterocycles. The smallest absolute Gasteiger partial charge is 0.339 e. The summed E-state index contributed by atoms with van der Waals surface area (Å²) < 4.78 is 33.4. The van der Waals surface area contributed by atoms with Crippen molar-refractivity contribution in [1.29, 1.82) is 0 Å².